The lowest BCUT2D eigenvalue weighted by molar-refractivity contribution is -0.445. The second-order valence-corrected chi connectivity index (χ2v) is 4.38. The Kier molecular flexibility index (Phi) is 4.68. The summed E-state index contributed by atoms with van der Waals surface area (Å²) in [6.45, 7) is 0. The fourth-order valence-corrected chi connectivity index (χ4v) is 1.86. The molecule has 1 N–H and O–H groups in total. The van der Waals surface area contributed by atoms with E-state index in [2.05, 4.69) is 4.74 Å². The molecule has 0 fully saturated rings. The summed E-state index contributed by atoms with van der Waals surface area (Å²) in [6, 6.07) is 11.7. The van der Waals surface area contributed by atoms with Gasteiger partial charge in [-0.3, -0.25) is 0 Å². The van der Waals surface area contributed by atoms with Crippen LogP contribution in [0.5, 0.6) is 5.75 Å². The Morgan fingerprint density at radius 2 is 1.74 bits per heavy atom. The van der Waals surface area contributed by atoms with Crippen molar-refractivity contribution in [3.05, 3.63) is 58.6 Å². The van der Waals surface area contributed by atoms with Gasteiger partial charge in [-0.05, 0) is 11.6 Å². The first-order chi connectivity index (χ1) is 10.8. The SMILES string of the molecule is O=[N+]([O-])Nc1cccc(-c2ccccc2)c1OC(F)(F)C(F)F. The van der Waals surface area contributed by atoms with Crippen LogP contribution in [-0.4, -0.2) is 17.6 Å². The van der Waals surface area contributed by atoms with Crippen molar-refractivity contribution in [2.75, 3.05) is 5.43 Å². The van der Waals surface area contributed by atoms with E-state index in [1.54, 1.807) is 23.6 Å². The standard InChI is InChI=1S/C14H10F4N2O3/c15-13(16)14(17,18)23-12-10(9-5-2-1-3-6-9)7-4-8-11(12)19-20(21)22/h1-8,13,19H. The molecule has 0 bridgehead atoms. The monoisotopic (exact) mass is 330 g/mol. The van der Waals surface area contributed by atoms with E-state index >= 15 is 0 Å². The van der Waals surface area contributed by atoms with Crippen LogP contribution in [0.1, 0.15) is 0 Å². The van der Waals surface area contributed by atoms with E-state index in [4.69, 9.17) is 0 Å². The topological polar surface area (TPSA) is 64.4 Å². The van der Waals surface area contributed by atoms with Crippen LogP contribution in [0.3, 0.4) is 0 Å². The zero-order valence-electron chi connectivity index (χ0n) is 11.4. The third-order valence-electron chi connectivity index (χ3n) is 2.80. The molecule has 2 rings (SSSR count). The van der Waals surface area contributed by atoms with Crippen LogP contribution in [0.15, 0.2) is 48.5 Å². The fraction of sp³-hybridized carbons (Fsp3) is 0.143. The van der Waals surface area contributed by atoms with Crippen LogP contribution < -0.4 is 10.2 Å². The van der Waals surface area contributed by atoms with Crippen molar-refractivity contribution in [1.82, 2.24) is 0 Å². The quantitative estimate of drug-likeness (QED) is 0.490. The van der Waals surface area contributed by atoms with Gasteiger partial charge >= 0.3 is 12.5 Å². The number of hydrogen-bond donors (Lipinski definition) is 1. The van der Waals surface area contributed by atoms with Crippen molar-refractivity contribution in [2.24, 2.45) is 0 Å². The van der Waals surface area contributed by atoms with Crippen molar-refractivity contribution in [3.63, 3.8) is 0 Å². The number of hydrogen-bond acceptors (Lipinski definition) is 3. The van der Waals surface area contributed by atoms with Crippen LogP contribution in [0.25, 0.3) is 11.1 Å². The number of anilines is 1. The smallest absolute Gasteiger partial charge is 0.425 e. The molecule has 0 aromatic heterocycles. The summed E-state index contributed by atoms with van der Waals surface area (Å²) in [5.41, 5.74) is 1.59. The van der Waals surface area contributed by atoms with E-state index in [9.17, 15) is 27.7 Å². The molecule has 2 aromatic rings. The number of hydrazine groups is 1. The molecule has 5 nitrogen and oxygen atoms in total. The maximum absolute atomic E-state index is 13.3. The highest BCUT2D eigenvalue weighted by Gasteiger charge is 2.45. The normalized spacial score (nSPS) is 11.3. The van der Waals surface area contributed by atoms with Crippen LogP contribution in [0.2, 0.25) is 0 Å². The maximum Gasteiger partial charge on any atom is 0.461 e. The summed E-state index contributed by atoms with van der Waals surface area (Å²) in [5, 5.41) is 9.57. The summed E-state index contributed by atoms with van der Waals surface area (Å²) in [7, 11) is 0. The Morgan fingerprint density at radius 1 is 1.09 bits per heavy atom. The Balaban J connectivity index is 2.56. The Bertz CT molecular complexity index is 696. The summed E-state index contributed by atoms with van der Waals surface area (Å²) >= 11 is 0. The summed E-state index contributed by atoms with van der Waals surface area (Å²) in [4.78, 5) is 10.6. The molecule has 0 saturated carbocycles. The molecule has 0 heterocycles. The third kappa shape index (κ3) is 3.87. The Labute approximate surface area is 127 Å². The van der Waals surface area contributed by atoms with Gasteiger partial charge in [0.2, 0.25) is 0 Å². The van der Waals surface area contributed by atoms with Crippen molar-refractivity contribution >= 4 is 5.69 Å². The van der Waals surface area contributed by atoms with Gasteiger partial charge in [-0.25, -0.2) is 10.1 Å². The zero-order chi connectivity index (χ0) is 17.0. The van der Waals surface area contributed by atoms with E-state index in [1.165, 1.54) is 24.3 Å². The van der Waals surface area contributed by atoms with Crippen LogP contribution in [-0.2, 0) is 0 Å². The molecule has 0 unspecified atom stereocenters. The highest BCUT2D eigenvalue weighted by atomic mass is 19.3. The number of nitrogens with one attached hydrogen (secondary N) is 1. The molecular weight excluding hydrogens is 320 g/mol. The molecule has 0 aliphatic heterocycles. The van der Waals surface area contributed by atoms with E-state index in [0.29, 0.717) is 5.56 Å². The highest BCUT2D eigenvalue weighted by molar-refractivity contribution is 5.77. The van der Waals surface area contributed by atoms with Crippen LogP contribution >= 0.6 is 0 Å². The molecule has 9 heteroatoms. The number of ether oxygens (including phenoxy) is 1. The number of nitrogens with zero attached hydrogens (tertiary/aromatic N) is 1. The van der Waals surface area contributed by atoms with Crippen LogP contribution in [0, 0.1) is 10.1 Å². The molecule has 23 heavy (non-hydrogen) atoms. The van der Waals surface area contributed by atoms with Crippen molar-refractivity contribution in [3.8, 4) is 16.9 Å². The van der Waals surface area contributed by atoms with E-state index < -0.39 is 29.0 Å². The Hall–Kier alpha value is -2.84. The first-order valence-corrected chi connectivity index (χ1v) is 6.25. The molecule has 2 aromatic carbocycles. The van der Waals surface area contributed by atoms with Crippen molar-refractivity contribution in [1.29, 1.82) is 0 Å². The van der Waals surface area contributed by atoms with Crippen molar-refractivity contribution < 1.29 is 27.3 Å². The second kappa shape index (κ2) is 6.51. The minimum Gasteiger partial charge on any atom is -0.425 e. The van der Waals surface area contributed by atoms with Gasteiger partial charge in [-0.1, -0.05) is 42.5 Å². The van der Waals surface area contributed by atoms with Gasteiger partial charge < -0.3 is 4.74 Å². The third-order valence-corrected chi connectivity index (χ3v) is 2.80. The van der Waals surface area contributed by atoms with Gasteiger partial charge in [0, 0.05) is 5.56 Å². The second-order valence-electron chi connectivity index (χ2n) is 4.38. The summed E-state index contributed by atoms with van der Waals surface area (Å²) in [6.07, 6.45) is -8.88. The van der Waals surface area contributed by atoms with Gasteiger partial charge in [0.25, 0.3) is 0 Å². The van der Waals surface area contributed by atoms with Crippen LogP contribution in [0.4, 0.5) is 23.2 Å². The van der Waals surface area contributed by atoms with Crippen molar-refractivity contribution in [2.45, 2.75) is 12.5 Å². The number of halogens is 4. The first-order valence-electron chi connectivity index (χ1n) is 6.25. The predicted octanol–water partition coefficient (Wildman–Crippen LogP) is 4.19. The van der Waals surface area contributed by atoms with Gasteiger partial charge in [-0.15, -0.1) is 5.43 Å². The van der Waals surface area contributed by atoms with Gasteiger partial charge in [0.1, 0.15) is 5.69 Å². The molecule has 0 aliphatic carbocycles. The van der Waals surface area contributed by atoms with Gasteiger partial charge in [0.05, 0.1) is 0 Å². The molecule has 0 radical (unpaired) electrons. The Morgan fingerprint density at radius 3 is 2.30 bits per heavy atom. The molecular formula is C14H10F4N2O3. The highest BCUT2D eigenvalue weighted by Crippen LogP contribution is 2.40. The summed E-state index contributed by atoms with van der Waals surface area (Å²) < 4.78 is 55.5. The zero-order valence-corrected chi connectivity index (χ0v) is 11.4. The summed E-state index contributed by atoms with van der Waals surface area (Å²) in [5.74, 6) is -0.735. The molecule has 0 amide bonds. The molecule has 0 atom stereocenters. The lowest BCUT2D eigenvalue weighted by atomic mass is 10.0. The fourth-order valence-electron chi connectivity index (χ4n) is 1.86. The number of alkyl halides is 4. The number of nitro groups is 1. The predicted molar refractivity (Wildman–Crippen MR) is 74.1 cm³/mol. The lowest BCUT2D eigenvalue weighted by Crippen LogP contribution is -2.34. The number of benzene rings is 2. The molecule has 0 saturated heterocycles. The van der Waals surface area contributed by atoms with E-state index in [1.807, 2.05) is 0 Å². The van der Waals surface area contributed by atoms with Gasteiger partial charge in [0.15, 0.2) is 10.8 Å². The minimum atomic E-state index is -4.79. The largest absolute Gasteiger partial charge is 0.461 e. The number of rotatable bonds is 6. The lowest BCUT2D eigenvalue weighted by Gasteiger charge is -2.20. The first kappa shape index (κ1) is 16.5. The van der Waals surface area contributed by atoms with E-state index in [-0.39, 0.29) is 5.56 Å². The minimum absolute atomic E-state index is 0.0118. The molecule has 0 spiro atoms. The van der Waals surface area contributed by atoms with E-state index in [0.717, 1.165) is 6.07 Å². The number of para-hydroxylation sites is 1. The molecule has 0 aliphatic rings. The average molecular weight is 330 g/mol. The van der Waals surface area contributed by atoms with Gasteiger partial charge in [-0.2, -0.15) is 17.6 Å². The maximum atomic E-state index is 13.3. The average Bonchev–Trinajstić information content (AvgIpc) is 2.49. The molecule has 122 valence electrons.